The Labute approximate surface area is 121 Å². The molecule has 0 unspecified atom stereocenters. The second kappa shape index (κ2) is 5.29. The van der Waals surface area contributed by atoms with E-state index in [1.807, 2.05) is 12.1 Å². The molecule has 1 aromatic heterocycles. The molecule has 104 valence electrons. The van der Waals surface area contributed by atoms with Crippen LogP contribution >= 0.6 is 11.6 Å². The fraction of sp³-hybridized carbons (Fsp3) is 0.333. The van der Waals surface area contributed by atoms with Gasteiger partial charge in [-0.3, -0.25) is 9.59 Å². The molecule has 3 rings (SSSR count). The molecule has 0 fully saturated rings. The van der Waals surface area contributed by atoms with Crippen molar-refractivity contribution in [1.82, 2.24) is 4.98 Å². The Balaban J connectivity index is 2.12. The van der Waals surface area contributed by atoms with E-state index in [2.05, 4.69) is 10.3 Å². The summed E-state index contributed by atoms with van der Waals surface area (Å²) in [5.74, 6) is -0.343. The molecule has 1 aromatic carbocycles. The van der Waals surface area contributed by atoms with E-state index in [1.54, 1.807) is 6.07 Å². The summed E-state index contributed by atoms with van der Waals surface area (Å²) >= 11 is 5.47. The van der Waals surface area contributed by atoms with Crippen molar-refractivity contribution in [1.29, 1.82) is 0 Å². The van der Waals surface area contributed by atoms with Gasteiger partial charge in [-0.1, -0.05) is 6.07 Å². The third kappa shape index (κ3) is 2.31. The van der Waals surface area contributed by atoms with Gasteiger partial charge in [0.05, 0.1) is 5.52 Å². The zero-order valence-electron chi connectivity index (χ0n) is 11.0. The Bertz CT molecular complexity index is 736. The summed E-state index contributed by atoms with van der Waals surface area (Å²) in [5.41, 5.74) is 3.48. The van der Waals surface area contributed by atoms with Gasteiger partial charge in [0.25, 0.3) is 5.56 Å². The molecule has 1 aliphatic rings. The van der Waals surface area contributed by atoms with Gasteiger partial charge in [0.1, 0.15) is 5.88 Å². The van der Waals surface area contributed by atoms with Crippen molar-refractivity contribution in [2.24, 2.45) is 0 Å². The number of fused-ring (bicyclic) bond motifs is 3. The average Bonchev–Trinajstić information content (AvgIpc) is 2.47. The lowest BCUT2D eigenvalue weighted by molar-refractivity contribution is -0.113. The molecule has 20 heavy (non-hydrogen) atoms. The Morgan fingerprint density at radius 1 is 1.25 bits per heavy atom. The first-order chi connectivity index (χ1) is 9.69. The van der Waals surface area contributed by atoms with Crippen LogP contribution in [0.15, 0.2) is 23.0 Å². The van der Waals surface area contributed by atoms with Gasteiger partial charge in [-0.25, -0.2) is 0 Å². The van der Waals surface area contributed by atoms with E-state index < -0.39 is 0 Å². The number of carbonyl (C=O) groups excluding carboxylic acids is 1. The fourth-order valence-corrected chi connectivity index (χ4v) is 2.90. The number of carbonyl (C=O) groups is 1. The van der Waals surface area contributed by atoms with Crippen molar-refractivity contribution in [2.75, 3.05) is 11.2 Å². The van der Waals surface area contributed by atoms with Gasteiger partial charge < -0.3 is 10.3 Å². The number of hydrogen-bond donors (Lipinski definition) is 2. The molecule has 0 bridgehead atoms. The van der Waals surface area contributed by atoms with Crippen LogP contribution in [0.1, 0.15) is 24.0 Å². The molecule has 0 radical (unpaired) electrons. The quantitative estimate of drug-likeness (QED) is 0.835. The maximum absolute atomic E-state index is 12.1. The lowest BCUT2D eigenvalue weighted by atomic mass is 9.90. The smallest absolute Gasteiger partial charge is 0.251 e. The Morgan fingerprint density at radius 3 is 2.75 bits per heavy atom. The first kappa shape index (κ1) is 13.2. The molecule has 2 N–H and O–H groups in total. The van der Waals surface area contributed by atoms with E-state index in [9.17, 15) is 9.59 Å². The van der Waals surface area contributed by atoms with E-state index in [0.29, 0.717) is 5.69 Å². The molecular weight excluding hydrogens is 276 g/mol. The second-order valence-electron chi connectivity index (χ2n) is 5.06. The number of halogens is 1. The average molecular weight is 291 g/mol. The van der Waals surface area contributed by atoms with Crippen LogP contribution in [-0.2, 0) is 17.6 Å². The number of aryl methyl sites for hydroxylation is 1. The fourth-order valence-electron chi connectivity index (χ4n) is 2.83. The third-order valence-electron chi connectivity index (χ3n) is 3.74. The van der Waals surface area contributed by atoms with Gasteiger partial charge >= 0.3 is 0 Å². The molecule has 1 amide bonds. The highest BCUT2D eigenvalue weighted by molar-refractivity contribution is 6.29. The van der Waals surface area contributed by atoms with Crippen LogP contribution in [0.4, 0.5) is 5.69 Å². The Hall–Kier alpha value is -1.81. The lowest BCUT2D eigenvalue weighted by Crippen LogP contribution is -2.19. The highest BCUT2D eigenvalue weighted by Crippen LogP contribution is 2.27. The number of hydrogen-bond acceptors (Lipinski definition) is 2. The number of alkyl halides is 1. The summed E-state index contributed by atoms with van der Waals surface area (Å²) in [6.07, 6.45) is 4.00. The van der Waals surface area contributed by atoms with E-state index in [-0.39, 0.29) is 17.3 Å². The zero-order chi connectivity index (χ0) is 14.1. The minimum Gasteiger partial charge on any atom is -0.325 e. The highest BCUT2D eigenvalue weighted by atomic mass is 35.5. The Morgan fingerprint density at radius 2 is 2.00 bits per heavy atom. The van der Waals surface area contributed by atoms with Gasteiger partial charge in [-0.15, -0.1) is 11.6 Å². The summed E-state index contributed by atoms with van der Waals surface area (Å²) in [5, 5.41) is 3.76. The summed E-state index contributed by atoms with van der Waals surface area (Å²) in [6, 6.07) is 5.59. The first-order valence-corrected chi connectivity index (χ1v) is 7.26. The topological polar surface area (TPSA) is 62.0 Å². The molecule has 0 saturated heterocycles. The van der Waals surface area contributed by atoms with Crippen molar-refractivity contribution in [3.63, 3.8) is 0 Å². The van der Waals surface area contributed by atoms with Crippen molar-refractivity contribution < 1.29 is 4.79 Å². The third-order valence-corrected chi connectivity index (χ3v) is 3.98. The molecule has 0 atom stereocenters. The largest absolute Gasteiger partial charge is 0.325 e. The minimum atomic E-state index is -0.258. The minimum absolute atomic E-state index is 0.00646. The summed E-state index contributed by atoms with van der Waals surface area (Å²) in [4.78, 5) is 26.3. The molecule has 0 spiro atoms. The van der Waals surface area contributed by atoms with Crippen molar-refractivity contribution >= 4 is 34.1 Å². The first-order valence-electron chi connectivity index (χ1n) is 6.72. The number of pyridine rings is 1. The van der Waals surface area contributed by atoms with Crippen molar-refractivity contribution in [3.8, 4) is 0 Å². The van der Waals surface area contributed by atoms with Crippen molar-refractivity contribution in [3.05, 3.63) is 39.7 Å². The van der Waals surface area contributed by atoms with Gasteiger partial charge in [0, 0.05) is 16.6 Å². The number of amides is 1. The molecule has 1 aliphatic carbocycles. The van der Waals surface area contributed by atoms with E-state index in [4.69, 9.17) is 11.6 Å². The molecule has 4 nitrogen and oxygen atoms in total. The van der Waals surface area contributed by atoms with Crippen LogP contribution in [0.25, 0.3) is 10.9 Å². The van der Waals surface area contributed by atoms with Crippen LogP contribution in [0.2, 0.25) is 0 Å². The molecule has 1 heterocycles. The van der Waals surface area contributed by atoms with Crippen LogP contribution < -0.4 is 10.9 Å². The van der Waals surface area contributed by atoms with Crippen LogP contribution in [0.5, 0.6) is 0 Å². The predicted molar refractivity (Wildman–Crippen MR) is 80.6 cm³/mol. The second-order valence-corrected chi connectivity index (χ2v) is 5.33. The monoisotopic (exact) mass is 290 g/mol. The Kier molecular flexibility index (Phi) is 3.49. The van der Waals surface area contributed by atoms with Gasteiger partial charge in [0.15, 0.2) is 0 Å². The maximum atomic E-state index is 12.1. The standard InChI is InChI=1S/C15H15ClN2O2/c16-8-14(19)17-9-5-6-11-10-3-1-2-4-12(10)15(20)18-13(11)7-9/h5-7H,1-4,8H2,(H,17,19)(H,18,20). The van der Waals surface area contributed by atoms with Crippen LogP contribution in [0.3, 0.4) is 0 Å². The van der Waals surface area contributed by atoms with Crippen LogP contribution in [0, 0.1) is 0 Å². The predicted octanol–water partition coefficient (Wildman–Crippen LogP) is 2.58. The molecule has 0 saturated carbocycles. The number of nitrogens with one attached hydrogen (secondary N) is 2. The number of aromatic nitrogens is 1. The molecule has 2 aromatic rings. The van der Waals surface area contributed by atoms with E-state index >= 15 is 0 Å². The number of aromatic amines is 1. The highest BCUT2D eigenvalue weighted by Gasteiger charge is 2.16. The van der Waals surface area contributed by atoms with Crippen molar-refractivity contribution in [2.45, 2.75) is 25.7 Å². The normalized spacial score (nSPS) is 14.1. The molecule has 5 heteroatoms. The number of anilines is 1. The number of rotatable bonds is 2. The number of benzene rings is 1. The van der Waals surface area contributed by atoms with Gasteiger partial charge in [-0.05, 0) is 43.4 Å². The summed E-state index contributed by atoms with van der Waals surface area (Å²) in [7, 11) is 0. The molecular formula is C15H15ClN2O2. The van der Waals surface area contributed by atoms with Gasteiger partial charge in [0.2, 0.25) is 5.91 Å². The van der Waals surface area contributed by atoms with E-state index in [0.717, 1.165) is 47.7 Å². The summed E-state index contributed by atoms with van der Waals surface area (Å²) in [6.45, 7) is 0. The van der Waals surface area contributed by atoms with E-state index in [1.165, 1.54) is 0 Å². The molecule has 0 aliphatic heterocycles. The lowest BCUT2D eigenvalue weighted by Gasteiger charge is -2.17. The summed E-state index contributed by atoms with van der Waals surface area (Å²) < 4.78 is 0. The van der Waals surface area contributed by atoms with Gasteiger partial charge in [-0.2, -0.15) is 0 Å². The maximum Gasteiger partial charge on any atom is 0.251 e. The zero-order valence-corrected chi connectivity index (χ0v) is 11.7. The van der Waals surface area contributed by atoms with Crippen LogP contribution in [-0.4, -0.2) is 16.8 Å². The SMILES string of the molecule is O=C(CCl)Nc1ccc2c3c(c(=O)[nH]c2c1)CCCC3. The number of H-pyrrole nitrogens is 1.